The Morgan fingerprint density at radius 2 is 2.12 bits per heavy atom. The Kier molecular flexibility index (Phi) is 3.68. The molecular weight excluding hydrogens is 353 g/mol. The lowest BCUT2D eigenvalue weighted by molar-refractivity contribution is 0.416. The van der Waals surface area contributed by atoms with Crippen LogP contribution >= 0.6 is 31.9 Å². The molecule has 1 heterocycles. The molecule has 1 unspecified atom stereocenters. The molecule has 0 radical (unpaired) electrons. The van der Waals surface area contributed by atoms with Crippen LogP contribution in [0.25, 0.3) is 10.9 Å². The van der Waals surface area contributed by atoms with Crippen molar-refractivity contribution in [3.05, 3.63) is 34.2 Å². The first-order chi connectivity index (χ1) is 8.04. The van der Waals surface area contributed by atoms with Crippen LogP contribution in [0.5, 0.6) is 5.75 Å². The van der Waals surface area contributed by atoms with Crippen molar-refractivity contribution >= 4 is 42.8 Å². The molecule has 90 valence electrons. The SMILES string of the molecule is COc1c(Br)c(C(C)Br)nc2ccc(F)cc12. The van der Waals surface area contributed by atoms with Crippen molar-refractivity contribution in [2.24, 2.45) is 0 Å². The van der Waals surface area contributed by atoms with Crippen LogP contribution in [0.3, 0.4) is 0 Å². The largest absolute Gasteiger partial charge is 0.495 e. The summed E-state index contributed by atoms with van der Waals surface area (Å²) < 4.78 is 19.3. The van der Waals surface area contributed by atoms with Gasteiger partial charge in [0.2, 0.25) is 0 Å². The average Bonchev–Trinajstić information content (AvgIpc) is 2.28. The van der Waals surface area contributed by atoms with Crippen LogP contribution < -0.4 is 4.74 Å². The first-order valence-corrected chi connectivity index (χ1v) is 6.72. The fraction of sp³-hybridized carbons (Fsp3) is 0.250. The van der Waals surface area contributed by atoms with Crippen LogP contribution in [0, 0.1) is 5.82 Å². The Morgan fingerprint density at radius 3 is 2.71 bits per heavy atom. The van der Waals surface area contributed by atoms with Crippen molar-refractivity contribution in [3.8, 4) is 5.75 Å². The molecule has 0 saturated carbocycles. The minimum absolute atomic E-state index is 0.0835. The molecule has 0 bridgehead atoms. The van der Waals surface area contributed by atoms with Crippen molar-refractivity contribution < 1.29 is 9.13 Å². The number of aromatic nitrogens is 1. The highest BCUT2D eigenvalue weighted by atomic mass is 79.9. The summed E-state index contributed by atoms with van der Waals surface area (Å²) in [4.78, 5) is 4.57. The predicted molar refractivity (Wildman–Crippen MR) is 73.3 cm³/mol. The number of fused-ring (bicyclic) bond motifs is 1. The molecule has 0 spiro atoms. The summed E-state index contributed by atoms with van der Waals surface area (Å²) in [5.41, 5.74) is 1.55. The molecule has 2 rings (SSSR count). The second-order valence-electron chi connectivity index (χ2n) is 3.62. The van der Waals surface area contributed by atoms with Gasteiger partial charge >= 0.3 is 0 Å². The van der Waals surface area contributed by atoms with Crippen molar-refractivity contribution in [2.75, 3.05) is 7.11 Å². The van der Waals surface area contributed by atoms with E-state index in [2.05, 4.69) is 36.8 Å². The van der Waals surface area contributed by atoms with E-state index in [1.54, 1.807) is 13.2 Å². The fourth-order valence-corrected chi connectivity index (χ4v) is 3.11. The predicted octanol–water partition coefficient (Wildman–Crippen LogP) is 4.60. The van der Waals surface area contributed by atoms with Crippen LogP contribution in [-0.2, 0) is 0 Å². The van der Waals surface area contributed by atoms with Gasteiger partial charge in [-0.1, -0.05) is 15.9 Å². The summed E-state index contributed by atoms with van der Waals surface area (Å²) in [5, 5.41) is 0.663. The zero-order valence-electron chi connectivity index (χ0n) is 9.30. The normalized spacial score (nSPS) is 12.8. The number of benzene rings is 1. The second-order valence-corrected chi connectivity index (χ2v) is 5.79. The first-order valence-electron chi connectivity index (χ1n) is 5.01. The van der Waals surface area contributed by atoms with Crippen LogP contribution in [0.1, 0.15) is 17.4 Å². The number of hydrogen-bond donors (Lipinski definition) is 0. The molecule has 0 aliphatic heterocycles. The lowest BCUT2D eigenvalue weighted by atomic mass is 10.1. The summed E-state index contributed by atoms with van der Waals surface area (Å²) in [6, 6.07) is 4.47. The third kappa shape index (κ3) is 2.31. The van der Waals surface area contributed by atoms with Crippen LogP contribution in [0.15, 0.2) is 22.7 Å². The molecular formula is C12H10Br2FNO. The van der Waals surface area contributed by atoms with Crippen molar-refractivity contribution in [3.63, 3.8) is 0 Å². The molecule has 2 aromatic rings. The third-order valence-corrected chi connectivity index (χ3v) is 3.65. The van der Waals surface area contributed by atoms with E-state index in [-0.39, 0.29) is 10.6 Å². The van der Waals surface area contributed by atoms with Gasteiger partial charge in [0, 0.05) is 5.39 Å². The second kappa shape index (κ2) is 4.90. The van der Waals surface area contributed by atoms with Gasteiger partial charge in [-0.3, -0.25) is 4.98 Å². The zero-order valence-corrected chi connectivity index (χ0v) is 12.5. The van der Waals surface area contributed by atoms with E-state index in [1.165, 1.54) is 12.1 Å². The van der Waals surface area contributed by atoms with Gasteiger partial charge in [-0.05, 0) is 41.1 Å². The van der Waals surface area contributed by atoms with E-state index < -0.39 is 0 Å². The Morgan fingerprint density at radius 1 is 1.41 bits per heavy atom. The van der Waals surface area contributed by atoms with Crippen LogP contribution in [0.2, 0.25) is 0 Å². The highest BCUT2D eigenvalue weighted by molar-refractivity contribution is 9.11. The maximum atomic E-state index is 13.2. The highest BCUT2D eigenvalue weighted by Gasteiger charge is 2.17. The molecule has 0 N–H and O–H groups in total. The number of methoxy groups -OCH3 is 1. The third-order valence-electron chi connectivity index (χ3n) is 2.45. The summed E-state index contributed by atoms with van der Waals surface area (Å²) in [5.74, 6) is 0.306. The summed E-state index contributed by atoms with van der Waals surface area (Å²) in [6.45, 7) is 1.97. The van der Waals surface area contributed by atoms with Gasteiger partial charge in [0.05, 0.1) is 27.6 Å². The van der Waals surface area contributed by atoms with Gasteiger partial charge in [0.25, 0.3) is 0 Å². The summed E-state index contributed by atoms with van der Waals surface area (Å²) in [6.07, 6.45) is 0. The van der Waals surface area contributed by atoms with E-state index in [0.29, 0.717) is 16.7 Å². The molecule has 1 aromatic carbocycles. The Hall–Kier alpha value is -0.680. The lowest BCUT2D eigenvalue weighted by Crippen LogP contribution is -1.97. The smallest absolute Gasteiger partial charge is 0.144 e. The molecule has 1 aromatic heterocycles. The Balaban J connectivity index is 2.84. The van der Waals surface area contributed by atoms with E-state index in [9.17, 15) is 4.39 Å². The maximum absolute atomic E-state index is 13.2. The quantitative estimate of drug-likeness (QED) is 0.728. The zero-order chi connectivity index (χ0) is 12.6. The van der Waals surface area contributed by atoms with Crippen LogP contribution in [0.4, 0.5) is 4.39 Å². The molecule has 17 heavy (non-hydrogen) atoms. The maximum Gasteiger partial charge on any atom is 0.144 e. The molecule has 0 amide bonds. The number of rotatable bonds is 2. The van der Waals surface area contributed by atoms with E-state index in [0.717, 1.165) is 10.2 Å². The van der Waals surface area contributed by atoms with E-state index in [1.807, 2.05) is 6.92 Å². The van der Waals surface area contributed by atoms with Gasteiger partial charge < -0.3 is 4.74 Å². The molecule has 2 nitrogen and oxygen atoms in total. The van der Waals surface area contributed by atoms with Crippen LogP contribution in [-0.4, -0.2) is 12.1 Å². The van der Waals surface area contributed by atoms with Gasteiger partial charge in [0.1, 0.15) is 11.6 Å². The topological polar surface area (TPSA) is 22.1 Å². The highest BCUT2D eigenvalue weighted by Crippen LogP contribution is 2.39. The Labute approximate surface area is 115 Å². The first kappa shape index (κ1) is 12.8. The lowest BCUT2D eigenvalue weighted by Gasteiger charge is -2.13. The summed E-state index contributed by atoms with van der Waals surface area (Å²) in [7, 11) is 1.56. The Bertz CT molecular complexity index is 572. The van der Waals surface area contributed by atoms with Gasteiger partial charge in [-0.25, -0.2) is 4.39 Å². The number of halogens is 3. The number of hydrogen-bond acceptors (Lipinski definition) is 2. The van der Waals surface area contributed by atoms with Crippen molar-refractivity contribution in [1.29, 1.82) is 0 Å². The summed E-state index contributed by atoms with van der Waals surface area (Å²) >= 11 is 6.92. The molecule has 1 atom stereocenters. The fourth-order valence-electron chi connectivity index (χ4n) is 1.66. The minimum atomic E-state index is -0.302. The van der Waals surface area contributed by atoms with E-state index >= 15 is 0 Å². The van der Waals surface area contributed by atoms with Gasteiger partial charge in [-0.15, -0.1) is 0 Å². The van der Waals surface area contributed by atoms with Gasteiger partial charge in [-0.2, -0.15) is 0 Å². The molecule has 0 aliphatic rings. The molecule has 0 aliphatic carbocycles. The minimum Gasteiger partial charge on any atom is -0.495 e. The number of pyridine rings is 1. The number of nitrogens with zero attached hydrogens (tertiary/aromatic N) is 1. The van der Waals surface area contributed by atoms with E-state index in [4.69, 9.17) is 4.74 Å². The molecule has 0 saturated heterocycles. The standard InChI is InChI=1S/C12H10Br2FNO/c1-6(13)11-10(14)12(17-2)8-5-7(15)3-4-9(8)16-11/h3-6H,1-2H3. The van der Waals surface area contributed by atoms with Gasteiger partial charge in [0.15, 0.2) is 0 Å². The monoisotopic (exact) mass is 361 g/mol. The average molecular weight is 363 g/mol. The molecule has 5 heteroatoms. The number of ether oxygens (including phenoxy) is 1. The van der Waals surface area contributed by atoms with Crippen molar-refractivity contribution in [1.82, 2.24) is 4.98 Å². The molecule has 0 fully saturated rings. The number of alkyl halides is 1. The van der Waals surface area contributed by atoms with Crippen molar-refractivity contribution in [2.45, 2.75) is 11.8 Å².